The van der Waals surface area contributed by atoms with Crippen LogP contribution in [0.1, 0.15) is 29.9 Å². The number of nitrogens with one attached hydrogen (secondary N) is 1. The number of hydrogen-bond acceptors (Lipinski definition) is 5. The minimum atomic E-state index is -0.956. The Hall–Kier alpha value is -1.83. The summed E-state index contributed by atoms with van der Waals surface area (Å²) in [6.07, 6.45) is 1.73. The van der Waals surface area contributed by atoms with Crippen LogP contribution in [0.3, 0.4) is 0 Å². The van der Waals surface area contributed by atoms with E-state index >= 15 is 0 Å². The Morgan fingerprint density at radius 2 is 2.10 bits per heavy atom. The van der Waals surface area contributed by atoms with Gasteiger partial charge in [-0.05, 0) is 20.1 Å². The third-order valence-electron chi connectivity index (χ3n) is 3.08. The molecule has 1 atom stereocenters. The highest BCUT2D eigenvalue weighted by atomic mass is 32.2. The number of carboxylic acid groups (broad SMARTS) is 1. The molecule has 1 heterocycles. The van der Waals surface area contributed by atoms with E-state index < -0.39 is 17.6 Å². The van der Waals surface area contributed by atoms with Gasteiger partial charge in [-0.1, -0.05) is 6.92 Å². The number of H-pyrrole nitrogens is 1. The molecule has 0 fully saturated rings. The highest BCUT2D eigenvalue weighted by Crippen LogP contribution is 2.20. The van der Waals surface area contributed by atoms with Crippen LogP contribution in [0.2, 0.25) is 0 Å². The SMILES string of the molecule is CCN(CC(C)C(=O)O)C(=O)c1c(SC)nc(=O)[nH]c1C. The number of carbonyl (C=O) groups is 2. The summed E-state index contributed by atoms with van der Waals surface area (Å²) in [5.41, 5.74) is 0.252. The van der Waals surface area contributed by atoms with Crippen molar-refractivity contribution in [3.8, 4) is 0 Å². The predicted octanol–water partition coefficient (Wildman–Crippen LogP) is 0.983. The van der Waals surface area contributed by atoms with Gasteiger partial charge in [0.2, 0.25) is 0 Å². The van der Waals surface area contributed by atoms with Crippen LogP contribution in [0.25, 0.3) is 0 Å². The van der Waals surface area contributed by atoms with Crippen molar-refractivity contribution >= 4 is 23.6 Å². The van der Waals surface area contributed by atoms with Gasteiger partial charge >= 0.3 is 11.7 Å². The highest BCUT2D eigenvalue weighted by molar-refractivity contribution is 7.98. The zero-order valence-corrected chi connectivity index (χ0v) is 13.3. The van der Waals surface area contributed by atoms with E-state index in [1.54, 1.807) is 27.0 Å². The number of aryl methyl sites for hydroxylation is 1. The molecule has 0 saturated carbocycles. The molecule has 7 nitrogen and oxygen atoms in total. The van der Waals surface area contributed by atoms with E-state index in [2.05, 4.69) is 9.97 Å². The van der Waals surface area contributed by atoms with E-state index in [4.69, 9.17) is 5.11 Å². The van der Waals surface area contributed by atoms with E-state index in [1.807, 2.05) is 0 Å². The summed E-state index contributed by atoms with van der Waals surface area (Å²) in [6.45, 7) is 5.44. The fraction of sp³-hybridized carbons (Fsp3) is 0.538. The molecule has 0 aliphatic rings. The minimum absolute atomic E-state index is 0.108. The molecular formula is C13H19N3O4S. The Bertz CT molecular complexity index is 600. The number of aromatic amines is 1. The summed E-state index contributed by atoms with van der Waals surface area (Å²) < 4.78 is 0. The van der Waals surface area contributed by atoms with Crippen molar-refractivity contribution in [3.63, 3.8) is 0 Å². The largest absolute Gasteiger partial charge is 0.481 e. The van der Waals surface area contributed by atoms with Crippen LogP contribution in [0.5, 0.6) is 0 Å². The van der Waals surface area contributed by atoms with Crippen molar-refractivity contribution in [2.45, 2.75) is 25.8 Å². The number of aliphatic carboxylic acids is 1. The van der Waals surface area contributed by atoms with Crippen LogP contribution in [-0.2, 0) is 4.79 Å². The Labute approximate surface area is 126 Å². The lowest BCUT2D eigenvalue weighted by Gasteiger charge is -2.24. The molecule has 0 aromatic carbocycles. The molecule has 0 saturated heterocycles. The van der Waals surface area contributed by atoms with E-state index in [1.165, 1.54) is 16.7 Å². The smallest absolute Gasteiger partial charge is 0.346 e. The summed E-state index contributed by atoms with van der Waals surface area (Å²) in [5.74, 6) is -1.94. The zero-order valence-electron chi connectivity index (χ0n) is 12.5. The molecule has 1 aromatic rings. The Kier molecular flexibility index (Phi) is 5.95. The normalized spacial score (nSPS) is 12.0. The van der Waals surface area contributed by atoms with Gasteiger partial charge in [-0.25, -0.2) is 4.79 Å². The van der Waals surface area contributed by atoms with Crippen LogP contribution in [-0.4, -0.2) is 51.2 Å². The molecule has 0 aliphatic carbocycles. The van der Waals surface area contributed by atoms with Gasteiger partial charge in [0.05, 0.1) is 11.5 Å². The summed E-state index contributed by atoms with van der Waals surface area (Å²) in [4.78, 5) is 42.7. The maximum absolute atomic E-state index is 12.6. The van der Waals surface area contributed by atoms with Crippen LogP contribution in [0, 0.1) is 12.8 Å². The number of aromatic nitrogens is 2. The lowest BCUT2D eigenvalue weighted by Crippen LogP contribution is -2.38. The molecule has 0 radical (unpaired) electrons. The molecule has 1 rings (SSSR count). The van der Waals surface area contributed by atoms with Crippen molar-refractivity contribution in [1.29, 1.82) is 0 Å². The van der Waals surface area contributed by atoms with Gasteiger partial charge in [0, 0.05) is 18.8 Å². The monoisotopic (exact) mass is 313 g/mol. The van der Waals surface area contributed by atoms with Crippen LogP contribution in [0.4, 0.5) is 0 Å². The summed E-state index contributed by atoms with van der Waals surface area (Å²) in [6, 6.07) is 0. The van der Waals surface area contributed by atoms with Gasteiger partial charge in [-0.3, -0.25) is 9.59 Å². The Balaban J connectivity index is 3.16. The molecule has 8 heteroatoms. The number of hydrogen-bond donors (Lipinski definition) is 2. The first kappa shape index (κ1) is 17.2. The van der Waals surface area contributed by atoms with Gasteiger partial charge in [0.15, 0.2) is 0 Å². The van der Waals surface area contributed by atoms with E-state index in [9.17, 15) is 14.4 Å². The number of amides is 1. The van der Waals surface area contributed by atoms with Crippen LogP contribution in [0.15, 0.2) is 9.82 Å². The first-order valence-electron chi connectivity index (χ1n) is 6.48. The van der Waals surface area contributed by atoms with Crippen molar-refractivity contribution in [2.24, 2.45) is 5.92 Å². The predicted molar refractivity (Wildman–Crippen MR) is 79.8 cm³/mol. The van der Waals surface area contributed by atoms with E-state index in [0.717, 1.165) is 0 Å². The van der Waals surface area contributed by atoms with Gasteiger partial charge in [0.25, 0.3) is 5.91 Å². The minimum Gasteiger partial charge on any atom is -0.481 e. The molecule has 116 valence electrons. The standard InChI is InChI=1S/C13H19N3O4S/c1-5-16(6-7(2)12(18)19)11(17)9-8(3)14-13(20)15-10(9)21-4/h7H,5-6H2,1-4H3,(H,18,19)(H,14,15,20). The topological polar surface area (TPSA) is 103 Å². The van der Waals surface area contributed by atoms with Gasteiger partial charge in [-0.2, -0.15) is 4.98 Å². The Morgan fingerprint density at radius 3 is 2.57 bits per heavy atom. The van der Waals surface area contributed by atoms with Crippen molar-refractivity contribution in [1.82, 2.24) is 14.9 Å². The molecule has 21 heavy (non-hydrogen) atoms. The number of rotatable bonds is 6. The quantitative estimate of drug-likeness (QED) is 0.599. The molecular weight excluding hydrogens is 294 g/mol. The van der Waals surface area contributed by atoms with Gasteiger partial charge < -0.3 is 15.0 Å². The fourth-order valence-corrected chi connectivity index (χ4v) is 2.50. The zero-order chi connectivity index (χ0) is 16.2. The molecule has 0 spiro atoms. The maximum Gasteiger partial charge on any atom is 0.346 e. The van der Waals surface area contributed by atoms with Crippen molar-refractivity contribution < 1.29 is 14.7 Å². The summed E-state index contributed by atoms with van der Waals surface area (Å²) >= 11 is 1.21. The van der Waals surface area contributed by atoms with Gasteiger partial charge in [0.1, 0.15) is 5.03 Å². The summed E-state index contributed by atoms with van der Waals surface area (Å²) in [5, 5.41) is 9.32. The average Bonchev–Trinajstić information content (AvgIpc) is 2.42. The Morgan fingerprint density at radius 1 is 1.48 bits per heavy atom. The van der Waals surface area contributed by atoms with E-state index in [0.29, 0.717) is 22.8 Å². The molecule has 1 amide bonds. The molecule has 2 N–H and O–H groups in total. The second-order valence-corrected chi connectivity index (χ2v) is 5.43. The van der Waals surface area contributed by atoms with Gasteiger partial charge in [-0.15, -0.1) is 11.8 Å². The molecule has 1 aromatic heterocycles. The van der Waals surface area contributed by atoms with Crippen LogP contribution >= 0.6 is 11.8 Å². The number of thioether (sulfide) groups is 1. The number of carboxylic acids is 1. The number of nitrogens with zero attached hydrogens (tertiary/aromatic N) is 2. The maximum atomic E-state index is 12.6. The lowest BCUT2D eigenvalue weighted by molar-refractivity contribution is -0.141. The van der Waals surface area contributed by atoms with E-state index in [-0.39, 0.29) is 12.5 Å². The van der Waals surface area contributed by atoms with Crippen molar-refractivity contribution in [2.75, 3.05) is 19.3 Å². The first-order valence-corrected chi connectivity index (χ1v) is 7.71. The van der Waals surface area contributed by atoms with Crippen LogP contribution < -0.4 is 5.69 Å². The molecule has 0 aliphatic heterocycles. The second-order valence-electron chi connectivity index (χ2n) is 4.63. The van der Waals surface area contributed by atoms with Crippen molar-refractivity contribution in [3.05, 3.63) is 21.7 Å². The second kappa shape index (κ2) is 7.26. The first-order chi connectivity index (χ1) is 9.81. The summed E-state index contributed by atoms with van der Waals surface area (Å²) in [7, 11) is 0. The fourth-order valence-electron chi connectivity index (χ4n) is 1.88. The molecule has 1 unspecified atom stereocenters. The lowest BCUT2D eigenvalue weighted by atomic mass is 10.1. The molecule has 0 bridgehead atoms. The number of carbonyl (C=O) groups excluding carboxylic acids is 1. The average molecular weight is 313 g/mol. The highest BCUT2D eigenvalue weighted by Gasteiger charge is 2.24. The third kappa shape index (κ3) is 4.07. The third-order valence-corrected chi connectivity index (χ3v) is 3.76.